The molecular formula is C37H42N2. The Morgan fingerprint density at radius 1 is 0.718 bits per heavy atom. The predicted octanol–water partition coefficient (Wildman–Crippen LogP) is 10.7. The van der Waals surface area contributed by atoms with Crippen molar-refractivity contribution in [1.82, 2.24) is 0 Å². The summed E-state index contributed by atoms with van der Waals surface area (Å²) in [5.74, 6) is 0. The molecule has 0 aliphatic heterocycles. The van der Waals surface area contributed by atoms with Gasteiger partial charge < -0.3 is 0 Å². The van der Waals surface area contributed by atoms with Gasteiger partial charge in [-0.25, -0.2) is 0 Å². The summed E-state index contributed by atoms with van der Waals surface area (Å²) in [6, 6.07) is 30.4. The lowest BCUT2D eigenvalue weighted by atomic mass is 9.89. The van der Waals surface area contributed by atoms with Crippen LogP contribution >= 0.6 is 0 Å². The molecule has 0 amide bonds. The summed E-state index contributed by atoms with van der Waals surface area (Å²) >= 11 is 0. The summed E-state index contributed by atoms with van der Waals surface area (Å²) in [6.45, 7) is 11.1. The van der Waals surface area contributed by atoms with Crippen molar-refractivity contribution in [2.24, 2.45) is 9.98 Å². The fourth-order valence-electron chi connectivity index (χ4n) is 5.37. The van der Waals surface area contributed by atoms with Gasteiger partial charge >= 0.3 is 0 Å². The fourth-order valence-corrected chi connectivity index (χ4v) is 5.37. The molecule has 0 N–H and O–H groups in total. The van der Waals surface area contributed by atoms with Crippen LogP contribution in [0.3, 0.4) is 0 Å². The third-order valence-corrected chi connectivity index (χ3v) is 7.43. The molecular weight excluding hydrogens is 472 g/mol. The van der Waals surface area contributed by atoms with E-state index in [4.69, 9.17) is 9.98 Å². The van der Waals surface area contributed by atoms with Gasteiger partial charge in [0.15, 0.2) is 0 Å². The van der Waals surface area contributed by atoms with Gasteiger partial charge in [-0.15, -0.1) is 0 Å². The SMILES string of the molecule is CCCCc1cc(N=CC(CC)=Nc2cc(CC)c(-c3ccccc3)c(-c3ccccc3)c2)cc(C)c1CC. The van der Waals surface area contributed by atoms with Gasteiger partial charge in [-0.1, -0.05) is 94.8 Å². The van der Waals surface area contributed by atoms with Gasteiger partial charge in [0.25, 0.3) is 0 Å². The highest BCUT2D eigenvalue weighted by atomic mass is 14.8. The molecule has 4 aromatic rings. The fraction of sp³-hybridized carbons (Fsp3) is 0.297. The number of nitrogens with zero attached hydrogens (tertiary/aromatic N) is 2. The molecule has 0 unspecified atom stereocenters. The molecule has 0 fully saturated rings. The van der Waals surface area contributed by atoms with E-state index in [1.54, 1.807) is 0 Å². The maximum Gasteiger partial charge on any atom is 0.0642 e. The lowest BCUT2D eigenvalue weighted by Crippen LogP contribution is -1.99. The minimum absolute atomic E-state index is 0.820. The summed E-state index contributed by atoms with van der Waals surface area (Å²) in [7, 11) is 0. The number of benzene rings is 4. The zero-order valence-electron chi connectivity index (χ0n) is 24.3. The number of unbranched alkanes of at least 4 members (excludes halogenated alkanes) is 1. The molecule has 0 heterocycles. The van der Waals surface area contributed by atoms with Crippen LogP contribution in [0.2, 0.25) is 0 Å². The molecule has 0 spiro atoms. The second kappa shape index (κ2) is 13.8. The van der Waals surface area contributed by atoms with Gasteiger partial charge in [-0.2, -0.15) is 0 Å². The van der Waals surface area contributed by atoms with Crippen molar-refractivity contribution in [1.29, 1.82) is 0 Å². The Morgan fingerprint density at radius 3 is 2.00 bits per heavy atom. The van der Waals surface area contributed by atoms with Crippen LogP contribution in [0.15, 0.2) is 94.9 Å². The standard InChI is InChI=1S/C37H42N2/c1-6-10-17-31-24-33(22-27(5)35(31)9-4)38-26-32(8-3)39-34-23-28(7-2)37(30-20-15-12-16-21-30)36(25-34)29-18-13-11-14-19-29/h11-16,18-26H,6-10,17H2,1-5H3. The van der Waals surface area contributed by atoms with Crippen LogP contribution in [-0.4, -0.2) is 11.9 Å². The first-order chi connectivity index (χ1) is 19.1. The van der Waals surface area contributed by atoms with Gasteiger partial charge in [-0.3, -0.25) is 9.98 Å². The Labute approximate surface area is 235 Å². The Kier molecular flexibility index (Phi) is 10.0. The molecule has 39 heavy (non-hydrogen) atoms. The van der Waals surface area contributed by atoms with Crippen LogP contribution in [0.5, 0.6) is 0 Å². The molecule has 0 aliphatic rings. The van der Waals surface area contributed by atoms with E-state index in [1.165, 1.54) is 57.3 Å². The summed E-state index contributed by atoms with van der Waals surface area (Å²) in [5.41, 5.74) is 13.5. The van der Waals surface area contributed by atoms with E-state index in [0.29, 0.717) is 0 Å². The van der Waals surface area contributed by atoms with Crippen LogP contribution < -0.4 is 0 Å². The quantitative estimate of drug-likeness (QED) is 0.178. The van der Waals surface area contributed by atoms with E-state index in [1.807, 2.05) is 6.21 Å². The Hall–Kier alpha value is -3.78. The molecule has 200 valence electrons. The average molecular weight is 515 g/mol. The third-order valence-electron chi connectivity index (χ3n) is 7.43. The van der Waals surface area contributed by atoms with Crippen LogP contribution in [0.25, 0.3) is 22.3 Å². The number of hydrogen-bond acceptors (Lipinski definition) is 2. The lowest BCUT2D eigenvalue weighted by Gasteiger charge is -2.16. The van der Waals surface area contributed by atoms with Gasteiger partial charge in [0, 0.05) is 6.21 Å². The normalized spacial score (nSPS) is 11.9. The van der Waals surface area contributed by atoms with Crippen molar-refractivity contribution in [3.05, 3.63) is 107 Å². The first kappa shape index (κ1) is 28.2. The topological polar surface area (TPSA) is 24.7 Å². The predicted molar refractivity (Wildman–Crippen MR) is 171 cm³/mol. The van der Waals surface area contributed by atoms with Gasteiger partial charge in [0.2, 0.25) is 0 Å². The molecule has 0 saturated carbocycles. The van der Waals surface area contributed by atoms with Gasteiger partial charge in [0.1, 0.15) is 0 Å². The van der Waals surface area contributed by atoms with Crippen LogP contribution in [0.4, 0.5) is 11.4 Å². The van der Waals surface area contributed by atoms with E-state index in [-0.39, 0.29) is 0 Å². The average Bonchev–Trinajstić information content (AvgIpc) is 2.98. The highest BCUT2D eigenvalue weighted by Gasteiger charge is 2.14. The molecule has 2 heteroatoms. The summed E-state index contributed by atoms with van der Waals surface area (Å²) in [5, 5.41) is 0. The molecule has 0 aromatic heterocycles. The maximum atomic E-state index is 5.12. The molecule has 2 nitrogen and oxygen atoms in total. The number of rotatable bonds is 11. The number of aliphatic imine (C=N–C) groups is 2. The monoisotopic (exact) mass is 514 g/mol. The van der Waals surface area contributed by atoms with E-state index in [0.717, 1.165) is 42.8 Å². The van der Waals surface area contributed by atoms with E-state index in [9.17, 15) is 0 Å². The molecule has 0 aliphatic carbocycles. The molecule has 0 saturated heterocycles. The van der Waals surface area contributed by atoms with Crippen LogP contribution in [-0.2, 0) is 19.3 Å². The highest BCUT2D eigenvalue weighted by molar-refractivity contribution is 6.31. The maximum absolute atomic E-state index is 5.12. The summed E-state index contributed by atoms with van der Waals surface area (Å²) in [6.07, 6.45) is 8.32. The molecule has 4 aromatic carbocycles. The largest absolute Gasteiger partial charge is 0.255 e. The first-order valence-corrected chi connectivity index (χ1v) is 14.6. The molecule has 0 bridgehead atoms. The Balaban J connectivity index is 1.76. The third kappa shape index (κ3) is 7.00. The van der Waals surface area contributed by atoms with Gasteiger partial charge in [0.05, 0.1) is 17.1 Å². The Bertz CT molecular complexity index is 1430. The Morgan fingerprint density at radius 2 is 1.38 bits per heavy atom. The first-order valence-electron chi connectivity index (χ1n) is 14.6. The minimum Gasteiger partial charge on any atom is -0.255 e. The van der Waals surface area contributed by atoms with Crippen molar-refractivity contribution < 1.29 is 0 Å². The lowest BCUT2D eigenvalue weighted by molar-refractivity contribution is 0.786. The second-order valence-electron chi connectivity index (χ2n) is 10.2. The van der Waals surface area contributed by atoms with Crippen LogP contribution in [0, 0.1) is 6.92 Å². The van der Waals surface area contributed by atoms with Crippen molar-refractivity contribution in [2.45, 2.75) is 73.1 Å². The van der Waals surface area contributed by atoms with E-state index >= 15 is 0 Å². The van der Waals surface area contributed by atoms with E-state index < -0.39 is 0 Å². The van der Waals surface area contributed by atoms with Crippen molar-refractivity contribution in [2.75, 3.05) is 0 Å². The molecule has 4 rings (SSSR count). The smallest absolute Gasteiger partial charge is 0.0642 e. The minimum atomic E-state index is 0.820. The zero-order chi connectivity index (χ0) is 27.6. The van der Waals surface area contributed by atoms with Gasteiger partial charge in [-0.05, 0) is 108 Å². The van der Waals surface area contributed by atoms with Crippen molar-refractivity contribution in [3.8, 4) is 22.3 Å². The second-order valence-corrected chi connectivity index (χ2v) is 10.2. The van der Waals surface area contributed by atoms with Crippen LogP contribution in [0.1, 0.15) is 69.2 Å². The van der Waals surface area contributed by atoms with Crippen molar-refractivity contribution in [3.63, 3.8) is 0 Å². The van der Waals surface area contributed by atoms with Crippen molar-refractivity contribution >= 4 is 23.3 Å². The molecule has 0 radical (unpaired) electrons. The summed E-state index contributed by atoms with van der Waals surface area (Å²) in [4.78, 5) is 10.0. The number of aryl methyl sites for hydroxylation is 3. The molecule has 0 atom stereocenters. The zero-order valence-corrected chi connectivity index (χ0v) is 24.3. The highest BCUT2D eigenvalue weighted by Crippen LogP contribution is 2.38. The summed E-state index contributed by atoms with van der Waals surface area (Å²) < 4.78 is 0. The number of hydrogen-bond donors (Lipinski definition) is 0. The van der Waals surface area contributed by atoms with E-state index in [2.05, 4.69) is 120 Å².